The first-order valence-corrected chi connectivity index (χ1v) is 6.45. The molecule has 1 saturated carbocycles. The Bertz CT molecular complexity index is 385. The second-order valence-electron chi connectivity index (χ2n) is 4.69. The summed E-state index contributed by atoms with van der Waals surface area (Å²) in [5, 5.41) is 0.940. The Hall–Kier alpha value is -0.720. The number of rotatable bonds is 5. The van der Waals surface area contributed by atoms with E-state index in [2.05, 4.69) is 5.10 Å². The molecule has 2 rings (SSSR count). The van der Waals surface area contributed by atoms with Gasteiger partial charge in [-0.1, -0.05) is 12.8 Å². The van der Waals surface area contributed by atoms with Crippen molar-refractivity contribution in [1.29, 1.82) is 0 Å². The fraction of sp³-hybridized carbons (Fsp3) is 0.727. The Morgan fingerprint density at radius 1 is 1.56 bits per heavy atom. The van der Waals surface area contributed by atoms with E-state index in [0.717, 1.165) is 12.8 Å². The Morgan fingerprint density at radius 2 is 2.22 bits per heavy atom. The second-order valence-corrected chi connectivity index (χ2v) is 5.19. The standard InChI is InChI=1S/C11H17ClF2N4/c12-11(13,14)10(16-15)7-8-5-6-18(17-8)9-3-1-2-4-9/h5-6,9-10,16H,1-4,7,15H2. The molecule has 1 atom stereocenters. The van der Waals surface area contributed by atoms with Gasteiger partial charge in [0.25, 0.3) is 0 Å². The van der Waals surface area contributed by atoms with Crippen molar-refractivity contribution in [3.05, 3.63) is 18.0 Å². The number of hydrogen-bond donors (Lipinski definition) is 2. The first-order valence-electron chi connectivity index (χ1n) is 6.07. The van der Waals surface area contributed by atoms with Crippen LogP contribution in [0, 0.1) is 0 Å². The van der Waals surface area contributed by atoms with Crippen molar-refractivity contribution in [2.45, 2.75) is 49.6 Å². The molecule has 0 bridgehead atoms. The zero-order valence-corrected chi connectivity index (χ0v) is 10.7. The predicted octanol–water partition coefficient (Wildman–Crippen LogP) is 2.20. The second kappa shape index (κ2) is 5.50. The van der Waals surface area contributed by atoms with Crippen LogP contribution in [0.1, 0.15) is 37.4 Å². The third-order valence-electron chi connectivity index (χ3n) is 3.37. The fourth-order valence-electron chi connectivity index (χ4n) is 2.34. The van der Waals surface area contributed by atoms with E-state index >= 15 is 0 Å². The van der Waals surface area contributed by atoms with Crippen LogP contribution < -0.4 is 11.3 Å². The molecule has 4 nitrogen and oxygen atoms in total. The van der Waals surface area contributed by atoms with Crippen LogP contribution in [0.2, 0.25) is 0 Å². The predicted molar refractivity (Wildman–Crippen MR) is 65.3 cm³/mol. The van der Waals surface area contributed by atoms with Crippen LogP contribution in [0.3, 0.4) is 0 Å². The molecule has 1 aromatic heterocycles. The van der Waals surface area contributed by atoms with E-state index in [1.807, 2.05) is 16.3 Å². The number of hydrogen-bond acceptors (Lipinski definition) is 3. The van der Waals surface area contributed by atoms with Crippen LogP contribution >= 0.6 is 11.6 Å². The molecule has 0 spiro atoms. The van der Waals surface area contributed by atoms with Gasteiger partial charge in [-0.05, 0) is 30.5 Å². The van der Waals surface area contributed by atoms with Crippen LogP contribution in [0.5, 0.6) is 0 Å². The van der Waals surface area contributed by atoms with E-state index in [1.165, 1.54) is 12.8 Å². The first-order chi connectivity index (χ1) is 8.50. The lowest BCUT2D eigenvalue weighted by Crippen LogP contribution is -2.47. The maximum atomic E-state index is 13.0. The normalized spacial score (nSPS) is 19.3. The summed E-state index contributed by atoms with van der Waals surface area (Å²) in [7, 11) is 0. The summed E-state index contributed by atoms with van der Waals surface area (Å²) in [6.07, 6.45) is 6.45. The molecule has 18 heavy (non-hydrogen) atoms. The SMILES string of the molecule is NNC(Cc1ccn(C2CCCC2)n1)C(F)(F)Cl. The summed E-state index contributed by atoms with van der Waals surface area (Å²) >= 11 is 4.97. The molecule has 0 aliphatic heterocycles. The molecule has 0 radical (unpaired) electrons. The maximum Gasteiger partial charge on any atom is 0.338 e. The molecule has 0 aromatic carbocycles. The zero-order chi connectivity index (χ0) is 13.2. The minimum Gasteiger partial charge on any atom is -0.271 e. The molecule has 1 aromatic rings. The summed E-state index contributed by atoms with van der Waals surface area (Å²) in [6, 6.07) is 0.830. The van der Waals surface area contributed by atoms with Gasteiger partial charge in [0.2, 0.25) is 0 Å². The van der Waals surface area contributed by atoms with Crippen molar-refractivity contribution in [2.75, 3.05) is 0 Å². The lowest BCUT2D eigenvalue weighted by atomic mass is 10.2. The fourth-order valence-corrected chi connectivity index (χ4v) is 2.48. The Labute approximate surface area is 109 Å². The highest BCUT2D eigenvalue weighted by Crippen LogP contribution is 2.29. The molecular weight excluding hydrogens is 262 g/mol. The van der Waals surface area contributed by atoms with Gasteiger partial charge in [-0.15, -0.1) is 0 Å². The van der Waals surface area contributed by atoms with Crippen molar-refractivity contribution >= 4 is 11.6 Å². The number of alkyl halides is 3. The van der Waals surface area contributed by atoms with Gasteiger partial charge < -0.3 is 0 Å². The number of hydrazine groups is 1. The molecule has 3 N–H and O–H groups in total. The van der Waals surface area contributed by atoms with Crippen molar-refractivity contribution in [1.82, 2.24) is 15.2 Å². The topological polar surface area (TPSA) is 55.9 Å². The summed E-state index contributed by atoms with van der Waals surface area (Å²) < 4.78 is 27.8. The highest BCUT2D eigenvalue weighted by molar-refractivity contribution is 6.22. The van der Waals surface area contributed by atoms with Gasteiger partial charge in [0.15, 0.2) is 0 Å². The van der Waals surface area contributed by atoms with Crippen molar-refractivity contribution in [2.24, 2.45) is 5.84 Å². The van der Waals surface area contributed by atoms with Gasteiger partial charge in [-0.2, -0.15) is 13.9 Å². The molecule has 1 aliphatic rings. The van der Waals surface area contributed by atoms with Crippen molar-refractivity contribution in [3.63, 3.8) is 0 Å². The first kappa shape index (κ1) is 13.7. The summed E-state index contributed by atoms with van der Waals surface area (Å²) in [5.41, 5.74) is 2.61. The van der Waals surface area contributed by atoms with Crippen LogP contribution in [-0.2, 0) is 6.42 Å². The molecule has 102 valence electrons. The van der Waals surface area contributed by atoms with Crippen LogP contribution in [0.25, 0.3) is 0 Å². The molecule has 0 saturated heterocycles. The maximum absolute atomic E-state index is 13.0. The number of aromatic nitrogens is 2. The molecule has 1 unspecified atom stereocenters. The monoisotopic (exact) mass is 278 g/mol. The van der Waals surface area contributed by atoms with E-state index in [1.54, 1.807) is 6.07 Å². The van der Waals surface area contributed by atoms with Gasteiger partial charge >= 0.3 is 5.38 Å². The third kappa shape index (κ3) is 3.18. The molecular formula is C11H17ClF2N4. The molecule has 1 aliphatic carbocycles. The van der Waals surface area contributed by atoms with E-state index in [-0.39, 0.29) is 6.42 Å². The van der Waals surface area contributed by atoms with E-state index in [0.29, 0.717) is 11.7 Å². The Morgan fingerprint density at radius 3 is 2.78 bits per heavy atom. The number of halogens is 3. The van der Waals surface area contributed by atoms with Crippen molar-refractivity contribution < 1.29 is 8.78 Å². The lowest BCUT2D eigenvalue weighted by Gasteiger charge is -2.19. The quantitative estimate of drug-likeness (QED) is 0.493. The number of nitrogens with one attached hydrogen (secondary N) is 1. The minimum atomic E-state index is -3.38. The Kier molecular flexibility index (Phi) is 4.19. The molecule has 1 heterocycles. The van der Waals surface area contributed by atoms with Gasteiger partial charge in [0.05, 0.1) is 11.7 Å². The van der Waals surface area contributed by atoms with Crippen LogP contribution in [0.15, 0.2) is 12.3 Å². The highest BCUT2D eigenvalue weighted by Gasteiger charge is 2.36. The average Bonchev–Trinajstić information content (AvgIpc) is 2.94. The van der Waals surface area contributed by atoms with Gasteiger partial charge in [0, 0.05) is 12.6 Å². The average molecular weight is 279 g/mol. The number of nitrogens with zero attached hydrogens (tertiary/aromatic N) is 2. The smallest absolute Gasteiger partial charge is 0.271 e. The summed E-state index contributed by atoms with van der Waals surface area (Å²) in [5.74, 6) is 5.09. The summed E-state index contributed by atoms with van der Waals surface area (Å²) in [4.78, 5) is 0. The van der Waals surface area contributed by atoms with E-state index in [4.69, 9.17) is 17.4 Å². The molecule has 0 amide bonds. The molecule has 1 fully saturated rings. The minimum absolute atomic E-state index is 0.00667. The van der Waals surface area contributed by atoms with Gasteiger partial charge in [-0.3, -0.25) is 10.5 Å². The lowest BCUT2D eigenvalue weighted by molar-refractivity contribution is 0.0498. The summed E-state index contributed by atoms with van der Waals surface area (Å²) in [6.45, 7) is 0. The molecule has 7 heteroatoms. The van der Waals surface area contributed by atoms with Crippen LogP contribution in [-0.4, -0.2) is 21.2 Å². The Balaban J connectivity index is 2.01. The van der Waals surface area contributed by atoms with Gasteiger partial charge in [-0.25, -0.2) is 5.43 Å². The van der Waals surface area contributed by atoms with Gasteiger partial charge in [0.1, 0.15) is 6.04 Å². The third-order valence-corrected chi connectivity index (χ3v) is 3.64. The zero-order valence-electron chi connectivity index (χ0n) is 9.95. The largest absolute Gasteiger partial charge is 0.338 e. The highest BCUT2D eigenvalue weighted by atomic mass is 35.5. The van der Waals surface area contributed by atoms with Crippen molar-refractivity contribution in [3.8, 4) is 0 Å². The van der Waals surface area contributed by atoms with E-state index in [9.17, 15) is 8.78 Å². The number of nitrogens with two attached hydrogens (primary N) is 1. The van der Waals surface area contributed by atoms with Crippen LogP contribution in [0.4, 0.5) is 8.78 Å². The van der Waals surface area contributed by atoms with E-state index < -0.39 is 11.4 Å².